The smallest absolute Gasteiger partial charge is 0.250 e. The van der Waals surface area contributed by atoms with Crippen LogP contribution in [0.4, 0.5) is 10.1 Å². The molecule has 5 nitrogen and oxygen atoms in total. The van der Waals surface area contributed by atoms with E-state index in [0.717, 1.165) is 11.3 Å². The van der Waals surface area contributed by atoms with Gasteiger partial charge >= 0.3 is 0 Å². The van der Waals surface area contributed by atoms with Gasteiger partial charge in [0.15, 0.2) is 0 Å². The van der Waals surface area contributed by atoms with Crippen LogP contribution in [0.5, 0.6) is 0 Å². The molecule has 0 aliphatic carbocycles. The van der Waals surface area contributed by atoms with E-state index in [9.17, 15) is 17.6 Å². The van der Waals surface area contributed by atoms with E-state index in [1.165, 1.54) is 18.2 Å². The average Bonchev–Trinajstić information content (AvgIpc) is 3.16. The van der Waals surface area contributed by atoms with Crippen molar-refractivity contribution in [3.05, 3.63) is 47.6 Å². The van der Waals surface area contributed by atoms with E-state index in [-0.39, 0.29) is 34.8 Å². The van der Waals surface area contributed by atoms with Crippen molar-refractivity contribution in [2.75, 3.05) is 18.0 Å². The van der Waals surface area contributed by atoms with Crippen LogP contribution in [-0.4, -0.2) is 27.4 Å². The van der Waals surface area contributed by atoms with Crippen LogP contribution in [-0.2, 0) is 14.8 Å². The molecule has 1 aliphatic heterocycles. The van der Waals surface area contributed by atoms with Crippen molar-refractivity contribution in [3.8, 4) is 0 Å². The van der Waals surface area contributed by atoms with Crippen molar-refractivity contribution in [2.24, 2.45) is 5.92 Å². The molecular formula is C15H15FN2O3S2. The molecule has 1 aromatic carbocycles. The summed E-state index contributed by atoms with van der Waals surface area (Å²) in [6, 6.07) is 8.91. The van der Waals surface area contributed by atoms with E-state index in [0.29, 0.717) is 12.2 Å². The Hall–Kier alpha value is -1.77. The number of hydrogen-bond donors (Lipinski definition) is 1. The summed E-state index contributed by atoms with van der Waals surface area (Å²) in [5.74, 6) is -0.556. The third-order valence-electron chi connectivity index (χ3n) is 3.67. The first-order valence-corrected chi connectivity index (χ1v) is 9.41. The zero-order chi connectivity index (χ0) is 16.4. The number of thiophene rings is 1. The van der Waals surface area contributed by atoms with Crippen molar-refractivity contribution in [2.45, 2.75) is 10.6 Å². The molecule has 1 aromatic heterocycles. The minimum atomic E-state index is -3.52. The maximum atomic E-state index is 13.0. The first-order chi connectivity index (χ1) is 11.0. The Morgan fingerprint density at radius 2 is 2.00 bits per heavy atom. The molecule has 0 spiro atoms. The molecule has 8 heteroatoms. The lowest BCUT2D eigenvalue weighted by atomic mass is 10.1. The standard InChI is InChI=1S/C15H15FN2O3S2/c16-12-3-5-13(6-4-12)18-10-11(8-14(18)19)9-17-23(20,21)15-2-1-7-22-15/h1-7,11,17H,8-10H2/t11-/m0/s1. The maximum absolute atomic E-state index is 13.0. The Kier molecular flexibility index (Phi) is 4.47. The van der Waals surface area contributed by atoms with Gasteiger partial charge in [0.05, 0.1) is 0 Å². The molecule has 1 N–H and O–H groups in total. The monoisotopic (exact) mass is 354 g/mol. The van der Waals surface area contributed by atoms with Gasteiger partial charge < -0.3 is 4.90 Å². The molecule has 0 radical (unpaired) electrons. The predicted octanol–water partition coefficient (Wildman–Crippen LogP) is 2.22. The molecule has 0 bridgehead atoms. The number of amides is 1. The van der Waals surface area contributed by atoms with Crippen LogP contribution in [0, 0.1) is 11.7 Å². The van der Waals surface area contributed by atoms with Gasteiger partial charge in [0.1, 0.15) is 10.0 Å². The van der Waals surface area contributed by atoms with E-state index in [2.05, 4.69) is 4.72 Å². The van der Waals surface area contributed by atoms with Crippen LogP contribution in [0.1, 0.15) is 6.42 Å². The third-order valence-corrected chi connectivity index (χ3v) is 6.49. The number of carbonyl (C=O) groups excluding carboxylic acids is 1. The van der Waals surface area contributed by atoms with Crippen LogP contribution in [0.3, 0.4) is 0 Å². The Morgan fingerprint density at radius 3 is 2.65 bits per heavy atom. The fourth-order valence-electron chi connectivity index (χ4n) is 2.50. The zero-order valence-corrected chi connectivity index (χ0v) is 13.7. The van der Waals surface area contributed by atoms with E-state index in [1.54, 1.807) is 28.5 Å². The van der Waals surface area contributed by atoms with Crippen LogP contribution < -0.4 is 9.62 Å². The lowest BCUT2D eigenvalue weighted by Gasteiger charge is -2.17. The average molecular weight is 354 g/mol. The second kappa shape index (κ2) is 6.38. The molecule has 2 aromatic rings. The van der Waals surface area contributed by atoms with Crippen LogP contribution >= 0.6 is 11.3 Å². The minimum absolute atomic E-state index is 0.0862. The number of nitrogens with one attached hydrogen (secondary N) is 1. The lowest BCUT2D eigenvalue weighted by Crippen LogP contribution is -2.31. The zero-order valence-electron chi connectivity index (χ0n) is 12.1. The van der Waals surface area contributed by atoms with Gasteiger partial charge in [-0.25, -0.2) is 17.5 Å². The number of anilines is 1. The number of hydrogen-bond acceptors (Lipinski definition) is 4. The first-order valence-electron chi connectivity index (χ1n) is 7.05. The van der Waals surface area contributed by atoms with Gasteiger partial charge in [-0.1, -0.05) is 6.07 Å². The molecule has 1 amide bonds. The van der Waals surface area contributed by atoms with Crippen molar-refractivity contribution in [3.63, 3.8) is 0 Å². The molecule has 0 saturated carbocycles. The first kappa shape index (κ1) is 16.1. The Bertz CT molecular complexity index is 789. The van der Waals surface area contributed by atoms with Crippen molar-refractivity contribution >= 4 is 33.0 Å². The molecule has 23 heavy (non-hydrogen) atoms. The van der Waals surface area contributed by atoms with Crippen molar-refractivity contribution in [1.29, 1.82) is 0 Å². The summed E-state index contributed by atoms with van der Waals surface area (Å²) in [5, 5.41) is 1.70. The summed E-state index contributed by atoms with van der Waals surface area (Å²) in [4.78, 5) is 13.6. The second-order valence-corrected chi connectivity index (χ2v) is 8.28. The molecular weight excluding hydrogens is 339 g/mol. The summed E-state index contributed by atoms with van der Waals surface area (Å²) < 4.78 is 39.9. The van der Waals surface area contributed by atoms with Crippen LogP contribution in [0.25, 0.3) is 0 Å². The highest BCUT2D eigenvalue weighted by molar-refractivity contribution is 7.91. The van der Waals surface area contributed by atoms with Gasteiger partial charge in [-0.15, -0.1) is 11.3 Å². The predicted molar refractivity (Wildman–Crippen MR) is 86.4 cm³/mol. The van der Waals surface area contributed by atoms with E-state index >= 15 is 0 Å². The number of nitrogens with zero attached hydrogens (tertiary/aromatic N) is 1. The highest BCUT2D eigenvalue weighted by Crippen LogP contribution is 2.25. The summed E-state index contributed by atoms with van der Waals surface area (Å²) >= 11 is 1.15. The second-order valence-electron chi connectivity index (χ2n) is 5.33. The van der Waals surface area contributed by atoms with E-state index in [4.69, 9.17) is 0 Å². The van der Waals surface area contributed by atoms with Crippen molar-refractivity contribution in [1.82, 2.24) is 4.72 Å². The fourth-order valence-corrected chi connectivity index (χ4v) is 4.66. The van der Waals surface area contributed by atoms with Crippen LogP contribution in [0.15, 0.2) is 46.0 Å². The molecule has 1 aliphatic rings. The van der Waals surface area contributed by atoms with Gasteiger partial charge in [-0.05, 0) is 41.6 Å². The quantitative estimate of drug-likeness (QED) is 0.895. The maximum Gasteiger partial charge on any atom is 0.250 e. The molecule has 0 unspecified atom stereocenters. The molecule has 122 valence electrons. The van der Waals surface area contributed by atoms with Crippen LogP contribution in [0.2, 0.25) is 0 Å². The van der Waals surface area contributed by atoms with E-state index < -0.39 is 10.0 Å². The van der Waals surface area contributed by atoms with Gasteiger partial charge in [-0.2, -0.15) is 0 Å². The van der Waals surface area contributed by atoms with Crippen molar-refractivity contribution < 1.29 is 17.6 Å². The Morgan fingerprint density at radius 1 is 1.26 bits per heavy atom. The number of rotatable bonds is 5. The number of benzene rings is 1. The third kappa shape index (κ3) is 3.60. The highest BCUT2D eigenvalue weighted by Gasteiger charge is 2.31. The van der Waals surface area contributed by atoms with Gasteiger partial charge in [-0.3, -0.25) is 4.79 Å². The summed E-state index contributed by atoms with van der Waals surface area (Å²) in [6.07, 6.45) is 0.268. The largest absolute Gasteiger partial charge is 0.312 e. The molecule has 2 heterocycles. The SMILES string of the molecule is O=C1C[C@@H](CNS(=O)(=O)c2cccs2)CN1c1ccc(F)cc1. The van der Waals surface area contributed by atoms with E-state index in [1.807, 2.05) is 0 Å². The molecule has 1 saturated heterocycles. The lowest BCUT2D eigenvalue weighted by molar-refractivity contribution is -0.117. The molecule has 1 atom stereocenters. The molecule has 1 fully saturated rings. The minimum Gasteiger partial charge on any atom is -0.312 e. The normalized spacial score (nSPS) is 18.6. The molecule has 3 rings (SSSR count). The van der Waals surface area contributed by atoms with Gasteiger partial charge in [0, 0.05) is 25.2 Å². The Labute approximate surface area is 137 Å². The van der Waals surface area contributed by atoms with Gasteiger partial charge in [0.2, 0.25) is 15.9 Å². The van der Waals surface area contributed by atoms with Gasteiger partial charge in [0.25, 0.3) is 0 Å². The number of carbonyl (C=O) groups is 1. The number of halogens is 1. The summed E-state index contributed by atoms with van der Waals surface area (Å²) in [7, 11) is -3.52. The summed E-state index contributed by atoms with van der Waals surface area (Å²) in [6.45, 7) is 0.612. The fraction of sp³-hybridized carbons (Fsp3) is 0.267. The highest BCUT2D eigenvalue weighted by atomic mass is 32.2. The Balaban J connectivity index is 1.63. The summed E-state index contributed by atoms with van der Waals surface area (Å²) in [5.41, 5.74) is 0.625. The topological polar surface area (TPSA) is 66.5 Å². The number of sulfonamides is 1.